The van der Waals surface area contributed by atoms with Crippen molar-refractivity contribution in [3.05, 3.63) is 28.2 Å². The molecular weight excluding hydrogens is 387 g/mol. The number of benzene rings is 1. The molecule has 1 fully saturated rings. The smallest absolute Gasteiger partial charge is 0.134 e. The van der Waals surface area contributed by atoms with Gasteiger partial charge in [0.05, 0.1) is 4.47 Å². The molecule has 1 aliphatic rings. The van der Waals surface area contributed by atoms with Gasteiger partial charge in [0, 0.05) is 37.8 Å². The van der Waals surface area contributed by atoms with Gasteiger partial charge in [-0.25, -0.2) is 0 Å². The summed E-state index contributed by atoms with van der Waals surface area (Å²) >= 11 is 3.44. The highest BCUT2D eigenvalue weighted by atomic mass is 79.9. The molecule has 3 nitrogen and oxygen atoms in total. The summed E-state index contributed by atoms with van der Waals surface area (Å²) in [6.07, 6.45) is 2.28. The Labute approximate surface area is 154 Å². The van der Waals surface area contributed by atoms with E-state index in [4.69, 9.17) is 0 Å². The Morgan fingerprint density at radius 1 is 1.18 bits per heavy atom. The molecule has 0 spiro atoms. The molecule has 1 atom stereocenters. The highest BCUT2D eigenvalue weighted by molar-refractivity contribution is 9.10. The molecule has 0 bridgehead atoms. The van der Waals surface area contributed by atoms with Gasteiger partial charge in [0.25, 0.3) is 0 Å². The quantitative estimate of drug-likeness (QED) is 0.751. The van der Waals surface area contributed by atoms with Gasteiger partial charge in [0.15, 0.2) is 0 Å². The molecule has 0 aliphatic carbocycles. The summed E-state index contributed by atoms with van der Waals surface area (Å²) < 4.78 is 0.791. The molecule has 2 rings (SSSR count). The highest BCUT2D eigenvalue weighted by Gasteiger charge is 2.25. The second-order valence-corrected chi connectivity index (χ2v) is 6.80. The minimum atomic E-state index is 0. The number of hydrogen-bond donors (Lipinski definition) is 2. The molecule has 1 aromatic carbocycles. The maximum absolute atomic E-state index is 10.4. The molecule has 128 valence electrons. The van der Waals surface area contributed by atoms with Crippen molar-refractivity contribution < 1.29 is 5.11 Å². The van der Waals surface area contributed by atoms with E-state index in [9.17, 15) is 5.11 Å². The fourth-order valence-corrected chi connectivity index (χ4v) is 3.20. The van der Waals surface area contributed by atoms with Crippen LogP contribution in [0.2, 0.25) is 0 Å². The van der Waals surface area contributed by atoms with Gasteiger partial charge in [-0.3, -0.25) is 4.90 Å². The van der Waals surface area contributed by atoms with E-state index in [0.717, 1.165) is 42.6 Å². The maximum atomic E-state index is 10.4. The zero-order valence-corrected chi connectivity index (χ0v) is 16.4. The molecule has 6 heteroatoms. The first kappa shape index (κ1) is 22.0. The third kappa shape index (κ3) is 5.89. The van der Waals surface area contributed by atoms with Crippen LogP contribution in [0.3, 0.4) is 0 Å². The van der Waals surface area contributed by atoms with Crippen molar-refractivity contribution in [1.82, 2.24) is 10.2 Å². The van der Waals surface area contributed by atoms with E-state index < -0.39 is 0 Å². The average molecular weight is 414 g/mol. The molecular formula is C16H27BrCl2N2O. The second kappa shape index (κ2) is 10.7. The van der Waals surface area contributed by atoms with Crippen LogP contribution in [-0.2, 0) is 0 Å². The van der Waals surface area contributed by atoms with Crippen molar-refractivity contribution in [2.24, 2.45) is 5.92 Å². The maximum Gasteiger partial charge on any atom is 0.134 e. The number of nitrogens with one attached hydrogen (secondary N) is 1. The van der Waals surface area contributed by atoms with E-state index in [2.05, 4.69) is 46.1 Å². The molecule has 1 heterocycles. The Kier molecular flexibility index (Phi) is 10.7. The van der Waals surface area contributed by atoms with Crippen LogP contribution in [0.1, 0.15) is 38.3 Å². The van der Waals surface area contributed by atoms with Crippen LogP contribution in [0.4, 0.5) is 0 Å². The second-order valence-electron chi connectivity index (χ2n) is 5.95. The number of piperazine rings is 1. The zero-order valence-electron chi connectivity index (χ0n) is 13.2. The summed E-state index contributed by atoms with van der Waals surface area (Å²) in [7, 11) is 0. The van der Waals surface area contributed by atoms with E-state index in [1.807, 2.05) is 12.1 Å². The number of para-hydroxylation sites is 1. The number of aromatic hydroxyl groups is 1. The van der Waals surface area contributed by atoms with Gasteiger partial charge in [-0.1, -0.05) is 26.0 Å². The summed E-state index contributed by atoms with van der Waals surface area (Å²) in [5.41, 5.74) is 1.06. The summed E-state index contributed by atoms with van der Waals surface area (Å²) in [4.78, 5) is 2.50. The lowest BCUT2D eigenvalue weighted by molar-refractivity contribution is 0.157. The lowest BCUT2D eigenvalue weighted by Crippen LogP contribution is -2.45. The van der Waals surface area contributed by atoms with Crippen molar-refractivity contribution in [2.75, 3.05) is 26.2 Å². The normalized spacial score (nSPS) is 16.7. The molecule has 1 saturated heterocycles. The first-order chi connectivity index (χ1) is 9.59. The molecule has 22 heavy (non-hydrogen) atoms. The predicted molar refractivity (Wildman–Crippen MR) is 102 cm³/mol. The van der Waals surface area contributed by atoms with E-state index in [0.29, 0.717) is 17.7 Å². The van der Waals surface area contributed by atoms with E-state index in [1.165, 1.54) is 6.42 Å². The minimum Gasteiger partial charge on any atom is -0.506 e. The lowest BCUT2D eigenvalue weighted by atomic mass is 9.95. The van der Waals surface area contributed by atoms with Gasteiger partial charge in [-0.2, -0.15) is 0 Å². The Morgan fingerprint density at radius 3 is 2.41 bits per heavy atom. The number of rotatable bonds is 5. The van der Waals surface area contributed by atoms with Crippen molar-refractivity contribution >= 4 is 40.7 Å². The first-order valence-corrected chi connectivity index (χ1v) is 8.31. The van der Waals surface area contributed by atoms with Gasteiger partial charge in [0.2, 0.25) is 0 Å². The van der Waals surface area contributed by atoms with Crippen molar-refractivity contribution in [3.8, 4) is 5.75 Å². The predicted octanol–water partition coefficient (Wildman–Crippen LogP) is 4.38. The van der Waals surface area contributed by atoms with Crippen molar-refractivity contribution in [3.63, 3.8) is 0 Å². The van der Waals surface area contributed by atoms with Crippen LogP contribution in [0.5, 0.6) is 5.75 Å². The van der Waals surface area contributed by atoms with Crippen molar-refractivity contribution in [2.45, 2.75) is 32.7 Å². The van der Waals surface area contributed by atoms with E-state index >= 15 is 0 Å². The summed E-state index contributed by atoms with van der Waals surface area (Å²) in [6.45, 7) is 8.69. The number of phenolic OH excluding ortho intramolecular Hbond substituents is 1. The monoisotopic (exact) mass is 412 g/mol. The molecule has 0 aromatic heterocycles. The van der Waals surface area contributed by atoms with Gasteiger partial charge in [-0.15, -0.1) is 24.8 Å². The molecule has 0 saturated carbocycles. The van der Waals surface area contributed by atoms with Crippen LogP contribution in [0, 0.1) is 5.92 Å². The van der Waals surface area contributed by atoms with Crippen LogP contribution in [-0.4, -0.2) is 36.2 Å². The van der Waals surface area contributed by atoms with E-state index in [-0.39, 0.29) is 24.8 Å². The zero-order chi connectivity index (χ0) is 14.5. The Balaban J connectivity index is 0.00000220. The molecule has 1 aliphatic heterocycles. The fraction of sp³-hybridized carbons (Fsp3) is 0.625. The molecule has 2 N–H and O–H groups in total. The number of nitrogens with zero attached hydrogens (tertiary/aromatic N) is 1. The van der Waals surface area contributed by atoms with Gasteiger partial charge in [-0.05, 0) is 40.8 Å². The largest absolute Gasteiger partial charge is 0.506 e. The third-order valence-corrected chi connectivity index (χ3v) is 4.63. The van der Waals surface area contributed by atoms with Crippen LogP contribution in [0.15, 0.2) is 22.7 Å². The molecule has 1 aromatic rings. The van der Waals surface area contributed by atoms with Gasteiger partial charge in [0.1, 0.15) is 5.75 Å². The van der Waals surface area contributed by atoms with E-state index in [1.54, 1.807) is 0 Å². The number of hydrogen-bond acceptors (Lipinski definition) is 3. The van der Waals surface area contributed by atoms with Gasteiger partial charge < -0.3 is 10.4 Å². The first-order valence-electron chi connectivity index (χ1n) is 7.51. The summed E-state index contributed by atoms with van der Waals surface area (Å²) in [5, 5.41) is 13.8. The standard InChI is InChI=1S/C16H25BrN2O.2ClH/c1-12(2)6-7-15(19-10-8-18-9-11-19)13-4-3-5-14(17)16(13)20;;/h3-5,12,15,18,20H,6-11H2,1-2H3;2*1H/t15-;;/m0../s1. The van der Waals surface area contributed by atoms with Crippen LogP contribution >= 0.6 is 40.7 Å². The third-order valence-electron chi connectivity index (χ3n) is 3.99. The number of phenols is 1. The SMILES string of the molecule is CC(C)CC[C@@H](c1cccc(Br)c1O)N1CCNCC1.Cl.Cl. The molecule has 0 amide bonds. The Morgan fingerprint density at radius 2 is 1.82 bits per heavy atom. The fourth-order valence-electron chi connectivity index (χ4n) is 2.82. The number of halogens is 3. The van der Waals surface area contributed by atoms with Crippen LogP contribution < -0.4 is 5.32 Å². The average Bonchev–Trinajstić information content (AvgIpc) is 2.44. The summed E-state index contributed by atoms with van der Waals surface area (Å²) in [5.74, 6) is 1.09. The Hall–Kier alpha value is -0.000000000000000111. The topological polar surface area (TPSA) is 35.5 Å². The molecule has 0 unspecified atom stereocenters. The van der Waals surface area contributed by atoms with Crippen molar-refractivity contribution in [1.29, 1.82) is 0 Å². The van der Waals surface area contributed by atoms with Gasteiger partial charge >= 0.3 is 0 Å². The summed E-state index contributed by atoms with van der Waals surface area (Å²) in [6, 6.07) is 6.30. The molecule has 0 radical (unpaired) electrons. The van der Waals surface area contributed by atoms with Crippen LogP contribution in [0.25, 0.3) is 0 Å². The Bertz CT molecular complexity index is 440. The highest BCUT2D eigenvalue weighted by Crippen LogP contribution is 2.37. The minimum absolute atomic E-state index is 0. The lowest BCUT2D eigenvalue weighted by Gasteiger charge is -2.36.